The Hall–Kier alpha value is -3.03. The fourth-order valence-electron chi connectivity index (χ4n) is 1.96. The van der Waals surface area contributed by atoms with Gasteiger partial charge in [-0.05, 0) is 23.8 Å². The molecule has 8 nitrogen and oxygen atoms in total. The Kier molecular flexibility index (Phi) is 3.19. The summed E-state index contributed by atoms with van der Waals surface area (Å²) >= 11 is 0. The first kappa shape index (κ1) is 13.0. The van der Waals surface area contributed by atoms with Crippen molar-refractivity contribution in [2.45, 2.75) is 6.54 Å². The lowest BCUT2D eigenvalue weighted by Gasteiger charge is -2.07. The second-order valence-corrected chi connectivity index (χ2v) is 4.40. The maximum absolute atomic E-state index is 10.7. The summed E-state index contributed by atoms with van der Waals surface area (Å²) in [4.78, 5) is 14.0. The first-order chi connectivity index (χ1) is 10.1. The van der Waals surface area contributed by atoms with Gasteiger partial charge in [0.25, 0.3) is 0 Å². The lowest BCUT2D eigenvalue weighted by molar-refractivity contribution is -0.384. The molecular weight excluding hydrogens is 276 g/mol. The minimum atomic E-state index is -0.566. The van der Waals surface area contributed by atoms with Crippen LogP contribution in [0, 0.1) is 10.1 Å². The molecule has 0 aliphatic carbocycles. The molecule has 0 atom stereocenters. The van der Waals surface area contributed by atoms with Gasteiger partial charge >= 0.3 is 5.69 Å². The smallest absolute Gasteiger partial charge is 0.311 e. The summed E-state index contributed by atoms with van der Waals surface area (Å²) < 4.78 is 10.5. The summed E-state index contributed by atoms with van der Waals surface area (Å²) in [7, 11) is 0. The fourth-order valence-corrected chi connectivity index (χ4v) is 1.96. The third-order valence-electron chi connectivity index (χ3n) is 3.01. The summed E-state index contributed by atoms with van der Waals surface area (Å²) in [6, 6.07) is 8.43. The van der Waals surface area contributed by atoms with E-state index in [-0.39, 0.29) is 18.3 Å². The Morgan fingerprint density at radius 3 is 2.86 bits per heavy atom. The van der Waals surface area contributed by atoms with E-state index in [9.17, 15) is 10.1 Å². The highest BCUT2D eigenvalue weighted by Gasteiger charge is 2.14. The molecule has 0 radical (unpaired) electrons. The highest BCUT2D eigenvalue weighted by molar-refractivity contribution is 5.57. The number of pyridine rings is 1. The zero-order chi connectivity index (χ0) is 14.8. The Morgan fingerprint density at radius 1 is 1.29 bits per heavy atom. The molecule has 1 aliphatic heterocycles. The number of benzene rings is 1. The minimum Gasteiger partial charge on any atom is -0.454 e. The van der Waals surface area contributed by atoms with Gasteiger partial charge < -0.3 is 20.5 Å². The van der Waals surface area contributed by atoms with Gasteiger partial charge in [-0.25, -0.2) is 4.98 Å². The number of hydrogen-bond donors (Lipinski definition) is 2. The van der Waals surface area contributed by atoms with E-state index in [1.54, 1.807) is 0 Å². The van der Waals surface area contributed by atoms with Crippen molar-refractivity contribution in [3.8, 4) is 11.5 Å². The molecule has 1 aromatic carbocycles. The molecule has 0 saturated heterocycles. The van der Waals surface area contributed by atoms with E-state index in [2.05, 4.69) is 10.3 Å². The Morgan fingerprint density at radius 2 is 2.10 bits per heavy atom. The largest absolute Gasteiger partial charge is 0.454 e. The number of nitrogens with zero attached hydrogens (tertiary/aromatic N) is 2. The number of nitro groups is 1. The van der Waals surface area contributed by atoms with Crippen molar-refractivity contribution < 1.29 is 14.4 Å². The predicted octanol–water partition coefficient (Wildman–Crippen LogP) is 1.91. The van der Waals surface area contributed by atoms with E-state index in [1.165, 1.54) is 12.1 Å². The lowest BCUT2D eigenvalue weighted by Crippen LogP contribution is -2.04. The molecule has 2 aromatic rings. The van der Waals surface area contributed by atoms with Crippen LogP contribution in [0.4, 0.5) is 17.3 Å². The zero-order valence-electron chi connectivity index (χ0n) is 10.9. The van der Waals surface area contributed by atoms with Crippen molar-refractivity contribution in [3.63, 3.8) is 0 Å². The van der Waals surface area contributed by atoms with E-state index in [1.807, 2.05) is 18.2 Å². The van der Waals surface area contributed by atoms with E-state index in [4.69, 9.17) is 15.2 Å². The van der Waals surface area contributed by atoms with E-state index < -0.39 is 4.92 Å². The summed E-state index contributed by atoms with van der Waals surface area (Å²) in [5, 5.41) is 13.7. The monoisotopic (exact) mass is 288 g/mol. The molecule has 0 spiro atoms. The average molecular weight is 288 g/mol. The number of anilines is 2. The molecule has 0 unspecified atom stereocenters. The van der Waals surface area contributed by atoms with Gasteiger partial charge in [-0.2, -0.15) is 0 Å². The van der Waals surface area contributed by atoms with Gasteiger partial charge in [0.05, 0.1) is 4.92 Å². The molecule has 8 heteroatoms. The lowest BCUT2D eigenvalue weighted by atomic mass is 10.2. The molecule has 0 bridgehead atoms. The summed E-state index contributed by atoms with van der Waals surface area (Å²) in [6.07, 6.45) is 0. The third kappa shape index (κ3) is 2.64. The van der Waals surface area contributed by atoms with Crippen LogP contribution in [0.2, 0.25) is 0 Å². The van der Waals surface area contributed by atoms with E-state index in [0.717, 1.165) is 11.3 Å². The number of nitrogen functional groups attached to an aromatic ring is 1. The first-order valence-corrected chi connectivity index (χ1v) is 6.17. The molecule has 3 rings (SSSR count). The van der Waals surface area contributed by atoms with Gasteiger partial charge in [-0.15, -0.1) is 0 Å². The standard InChI is InChI=1S/C13H12N4O4/c14-13-9(17(18)19)2-4-12(16-13)15-6-8-1-3-10-11(5-8)21-7-20-10/h1-5H,6-7H2,(H3,14,15,16). The molecule has 1 aliphatic rings. The molecular formula is C13H12N4O4. The second-order valence-electron chi connectivity index (χ2n) is 4.40. The van der Waals surface area contributed by atoms with Gasteiger partial charge in [0.2, 0.25) is 12.6 Å². The van der Waals surface area contributed by atoms with Crippen molar-refractivity contribution in [1.82, 2.24) is 4.98 Å². The SMILES string of the molecule is Nc1nc(NCc2ccc3c(c2)OCO3)ccc1[N+](=O)[O-]. The Labute approximate surface area is 119 Å². The van der Waals surface area contributed by atoms with Gasteiger partial charge in [0, 0.05) is 12.6 Å². The third-order valence-corrected chi connectivity index (χ3v) is 3.01. The number of rotatable bonds is 4. The van der Waals surface area contributed by atoms with E-state index >= 15 is 0 Å². The van der Waals surface area contributed by atoms with Crippen LogP contribution in [0.25, 0.3) is 0 Å². The van der Waals surface area contributed by atoms with Crippen molar-refractivity contribution >= 4 is 17.3 Å². The number of nitrogens with one attached hydrogen (secondary N) is 1. The van der Waals surface area contributed by atoms with Gasteiger partial charge in [0.1, 0.15) is 5.82 Å². The van der Waals surface area contributed by atoms with Crippen LogP contribution in [-0.2, 0) is 6.54 Å². The minimum absolute atomic E-state index is 0.115. The molecule has 21 heavy (non-hydrogen) atoms. The van der Waals surface area contributed by atoms with Crippen molar-refractivity contribution in [3.05, 3.63) is 46.0 Å². The number of fused-ring (bicyclic) bond motifs is 1. The van der Waals surface area contributed by atoms with Crippen LogP contribution in [-0.4, -0.2) is 16.7 Å². The average Bonchev–Trinajstić information content (AvgIpc) is 2.92. The van der Waals surface area contributed by atoms with Gasteiger partial charge in [-0.1, -0.05) is 6.07 Å². The molecule has 1 aromatic heterocycles. The Balaban J connectivity index is 1.70. The molecule has 0 amide bonds. The van der Waals surface area contributed by atoms with Crippen LogP contribution < -0.4 is 20.5 Å². The normalized spacial score (nSPS) is 12.2. The molecule has 0 saturated carbocycles. The first-order valence-electron chi connectivity index (χ1n) is 6.17. The maximum Gasteiger partial charge on any atom is 0.311 e. The molecule has 108 valence electrons. The fraction of sp³-hybridized carbons (Fsp3) is 0.154. The summed E-state index contributed by atoms with van der Waals surface area (Å²) in [5.74, 6) is 1.77. The quantitative estimate of drug-likeness (QED) is 0.652. The predicted molar refractivity (Wildman–Crippen MR) is 75.2 cm³/mol. The molecule has 0 fully saturated rings. The van der Waals surface area contributed by atoms with Gasteiger partial charge in [0.15, 0.2) is 11.5 Å². The van der Waals surface area contributed by atoms with Crippen molar-refractivity contribution in [2.75, 3.05) is 17.8 Å². The van der Waals surface area contributed by atoms with Gasteiger partial charge in [-0.3, -0.25) is 10.1 Å². The maximum atomic E-state index is 10.7. The summed E-state index contributed by atoms with van der Waals surface area (Å²) in [5.41, 5.74) is 6.30. The number of hydrogen-bond acceptors (Lipinski definition) is 7. The zero-order valence-corrected chi connectivity index (χ0v) is 10.9. The highest BCUT2D eigenvalue weighted by Crippen LogP contribution is 2.32. The topological polar surface area (TPSA) is 113 Å². The molecule has 2 heterocycles. The van der Waals surface area contributed by atoms with Crippen LogP contribution in [0.1, 0.15) is 5.56 Å². The van der Waals surface area contributed by atoms with Crippen LogP contribution in [0.15, 0.2) is 30.3 Å². The second kappa shape index (κ2) is 5.16. The highest BCUT2D eigenvalue weighted by atomic mass is 16.7. The van der Waals surface area contributed by atoms with Crippen LogP contribution >= 0.6 is 0 Å². The van der Waals surface area contributed by atoms with Crippen molar-refractivity contribution in [1.29, 1.82) is 0 Å². The Bertz CT molecular complexity index is 705. The van der Waals surface area contributed by atoms with E-state index in [0.29, 0.717) is 18.1 Å². The summed E-state index contributed by atoms with van der Waals surface area (Å²) in [6.45, 7) is 0.716. The number of nitrogens with two attached hydrogens (primary N) is 1. The number of ether oxygens (including phenoxy) is 2. The van der Waals surface area contributed by atoms with Crippen LogP contribution in [0.5, 0.6) is 11.5 Å². The van der Waals surface area contributed by atoms with Crippen molar-refractivity contribution in [2.24, 2.45) is 0 Å². The molecule has 3 N–H and O–H groups in total. The number of aromatic nitrogens is 1. The van der Waals surface area contributed by atoms with Crippen LogP contribution in [0.3, 0.4) is 0 Å².